The fourth-order valence-electron chi connectivity index (χ4n) is 4.38. The number of rotatable bonds is 4. The summed E-state index contributed by atoms with van der Waals surface area (Å²) < 4.78 is 136. The molecule has 0 saturated carbocycles. The van der Waals surface area contributed by atoms with Gasteiger partial charge in [0.2, 0.25) is 5.41 Å². The highest BCUT2D eigenvalue weighted by Gasteiger charge is 2.72. The second kappa shape index (κ2) is 13.0. The molecule has 4 rings (SSSR count). The Balaban J connectivity index is 0.000000241. The van der Waals surface area contributed by atoms with Crippen molar-refractivity contribution in [3.63, 3.8) is 0 Å². The zero-order chi connectivity index (χ0) is 33.4. The Morgan fingerprint density at radius 2 is 0.682 bits per heavy atom. The molecule has 0 spiro atoms. The molecule has 0 nitrogen and oxygen atoms in total. The lowest BCUT2D eigenvalue weighted by molar-refractivity contribution is -0.288. The van der Waals surface area contributed by atoms with Gasteiger partial charge in [-0.2, -0.15) is 26.3 Å². The van der Waals surface area contributed by atoms with Gasteiger partial charge in [-0.05, 0) is 70.8 Å². The lowest BCUT2D eigenvalue weighted by atomic mass is 9.73. The van der Waals surface area contributed by atoms with E-state index in [0.717, 1.165) is 72.8 Å². The van der Waals surface area contributed by atoms with E-state index >= 15 is 0 Å². The van der Waals surface area contributed by atoms with E-state index in [1.807, 2.05) is 0 Å². The molecule has 0 N–H and O–H groups in total. The van der Waals surface area contributed by atoms with Crippen molar-refractivity contribution >= 4 is 46.4 Å². The molecule has 4 aromatic carbocycles. The molecule has 0 saturated heterocycles. The summed E-state index contributed by atoms with van der Waals surface area (Å²) in [5.74, 6) is -3.74. The van der Waals surface area contributed by atoms with Gasteiger partial charge >= 0.3 is 12.4 Å². The number of hydrogen-bond acceptors (Lipinski definition) is 0. The Morgan fingerprint density at radius 3 is 0.909 bits per heavy atom. The Kier molecular flexibility index (Phi) is 10.6. The van der Waals surface area contributed by atoms with Crippen LogP contribution in [0.4, 0.5) is 43.9 Å². The molecule has 0 unspecified atom stereocenters. The SMILES string of the molecule is CC(C)(c1cc(F)c(Cl)c(F)c1)c1cc(F)c(Cl)c(F)c1.FC(F)(F)C(c1ccc(Cl)cc1)(c1ccc(Cl)cc1)C(F)(F)F. The average Bonchev–Trinajstić information content (AvgIpc) is 2.91. The normalized spacial score (nSPS) is 12.5. The molecule has 0 aliphatic rings. The molecular formula is C30H18Cl4F10. The van der Waals surface area contributed by atoms with Gasteiger partial charge in [-0.1, -0.05) is 84.5 Å². The molecule has 0 fully saturated rings. The third-order valence-corrected chi connectivity index (χ3v) is 8.04. The van der Waals surface area contributed by atoms with Gasteiger partial charge < -0.3 is 0 Å². The van der Waals surface area contributed by atoms with Crippen molar-refractivity contribution in [3.8, 4) is 0 Å². The van der Waals surface area contributed by atoms with Gasteiger partial charge in [0.1, 0.15) is 33.3 Å². The van der Waals surface area contributed by atoms with Crippen LogP contribution in [0.5, 0.6) is 0 Å². The molecule has 0 aromatic heterocycles. The molecule has 0 amide bonds. The van der Waals surface area contributed by atoms with Crippen LogP contribution in [-0.2, 0) is 10.8 Å². The maximum atomic E-state index is 13.7. The molecule has 0 atom stereocenters. The van der Waals surface area contributed by atoms with Gasteiger partial charge in [-0.3, -0.25) is 0 Å². The summed E-state index contributed by atoms with van der Waals surface area (Å²) in [5.41, 5.74) is -6.76. The first kappa shape index (κ1) is 35.8. The summed E-state index contributed by atoms with van der Waals surface area (Å²) in [4.78, 5) is 0. The van der Waals surface area contributed by atoms with Crippen LogP contribution in [0.1, 0.15) is 36.1 Å². The standard InChI is InChI=1S/C15H8Cl2F6.C15H10Cl2F4/c16-11-5-1-9(2-6-11)13(14(18,19)20,15(21,22)23)10-3-7-12(17)8-4-10;1-15(2,7-3-9(18)13(16)10(19)4-7)8-5-11(20)14(17)12(21)6-8/h1-8H;3-6H,1-2H3. The smallest absolute Gasteiger partial charge is 0.205 e. The predicted molar refractivity (Wildman–Crippen MR) is 151 cm³/mol. The Morgan fingerprint density at radius 1 is 0.432 bits per heavy atom. The number of benzene rings is 4. The van der Waals surface area contributed by atoms with Gasteiger partial charge in [0.15, 0.2) is 0 Å². The van der Waals surface area contributed by atoms with Crippen molar-refractivity contribution in [2.75, 3.05) is 0 Å². The fourth-order valence-corrected chi connectivity index (χ4v) is 4.85. The van der Waals surface area contributed by atoms with Crippen molar-refractivity contribution in [1.29, 1.82) is 0 Å². The molecule has 0 radical (unpaired) electrons. The second-order valence-electron chi connectivity index (χ2n) is 9.89. The summed E-state index contributed by atoms with van der Waals surface area (Å²) in [7, 11) is 0. The van der Waals surface area contributed by atoms with Crippen LogP contribution in [-0.4, -0.2) is 12.4 Å². The largest absolute Gasteiger partial charge is 0.411 e. The van der Waals surface area contributed by atoms with E-state index in [-0.39, 0.29) is 21.2 Å². The van der Waals surface area contributed by atoms with E-state index in [4.69, 9.17) is 46.4 Å². The topological polar surface area (TPSA) is 0 Å². The zero-order valence-corrected chi connectivity index (χ0v) is 25.2. The number of hydrogen-bond donors (Lipinski definition) is 0. The molecule has 0 bridgehead atoms. The number of halogens is 14. The fraction of sp³-hybridized carbons (Fsp3) is 0.200. The van der Waals surface area contributed by atoms with E-state index < -0.39 is 67.6 Å². The molecule has 44 heavy (non-hydrogen) atoms. The zero-order valence-electron chi connectivity index (χ0n) is 22.2. The molecule has 236 valence electrons. The van der Waals surface area contributed by atoms with Gasteiger partial charge in [-0.25, -0.2) is 17.6 Å². The van der Waals surface area contributed by atoms with E-state index in [2.05, 4.69) is 0 Å². The average molecular weight is 710 g/mol. The minimum Gasteiger partial charge on any atom is -0.205 e. The Bertz CT molecular complexity index is 1460. The van der Waals surface area contributed by atoms with Crippen molar-refractivity contribution in [2.45, 2.75) is 37.0 Å². The van der Waals surface area contributed by atoms with E-state index in [0.29, 0.717) is 0 Å². The maximum absolute atomic E-state index is 13.7. The van der Waals surface area contributed by atoms with Crippen molar-refractivity contribution in [3.05, 3.63) is 138 Å². The second-order valence-corrected chi connectivity index (χ2v) is 11.5. The molecular weight excluding hydrogens is 692 g/mol. The highest BCUT2D eigenvalue weighted by Crippen LogP contribution is 2.56. The minimum atomic E-state index is -5.62. The van der Waals surface area contributed by atoms with Crippen LogP contribution in [0.25, 0.3) is 0 Å². The summed E-state index contributed by atoms with van der Waals surface area (Å²) in [6, 6.07) is 11.0. The molecule has 0 heterocycles. The van der Waals surface area contributed by atoms with Gasteiger partial charge in [0, 0.05) is 15.5 Å². The Labute approximate surface area is 265 Å². The quantitative estimate of drug-likeness (QED) is 0.146. The molecule has 4 aromatic rings. The van der Waals surface area contributed by atoms with Crippen LogP contribution in [0, 0.1) is 23.3 Å². The first-order valence-corrected chi connectivity index (χ1v) is 13.6. The van der Waals surface area contributed by atoms with Crippen molar-refractivity contribution in [2.24, 2.45) is 0 Å². The summed E-state index contributed by atoms with van der Waals surface area (Å²) in [5, 5.41) is -1.18. The van der Waals surface area contributed by atoms with Gasteiger partial charge in [0.25, 0.3) is 0 Å². The summed E-state index contributed by atoms with van der Waals surface area (Å²) in [6.07, 6.45) is -11.2. The first-order chi connectivity index (χ1) is 20.1. The van der Waals surface area contributed by atoms with Crippen molar-refractivity contribution in [1.82, 2.24) is 0 Å². The maximum Gasteiger partial charge on any atom is 0.411 e. The van der Waals surface area contributed by atoms with E-state index in [9.17, 15) is 43.9 Å². The van der Waals surface area contributed by atoms with Crippen LogP contribution >= 0.6 is 46.4 Å². The van der Waals surface area contributed by atoms with Crippen molar-refractivity contribution < 1.29 is 43.9 Å². The van der Waals surface area contributed by atoms with Crippen LogP contribution in [0.2, 0.25) is 20.1 Å². The number of alkyl halides is 6. The minimum absolute atomic E-state index is 0.0307. The summed E-state index contributed by atoms with van der Waals surface area (Å²) in [6.45, 7) is 3.16. The third-order valence-electron chi connectivity index (χ3n) is 6.82. The van der Waals surface area contributed by atoms with Crippen LogP contribution in [0.3, 0.4) is 0 Å². The lowest BCUT2D eigenvalue weighted by Crippen LogP contribution is -2.54. The lowest BCUT2D eigenvalue weighted by Gasteiger charge is -2.38. The highest BCUT2D eigenvalue weighted by molar-refractivity contribution is 6.31. The first-order valence-electron chi connectivity index (χ1n) is 12.1. The molecule has 0 aliphatic heterocycles. The van der Waals surface area contributed by atoms with Gasteiger partial charge in [0.05, 0.1) is 0 Å². The van der Waals surface area contributed by atoms with Crippen LogP contribution < -0.4 is 0 Å². The van der Waals surface area contributed by atoms with E-state index in [1.54, 1.807) is 13.8 Å². The molecule has 14 heteroatoms. The van der Waals surface area contributed by atoms with Gasteiger partial charge in [-0.15, -0.1) is 0 Å². The summed E-state index contributed by atoms with van der Waals surface area (Å²) >= 11 is 22.0. The predicted octanol–water partition coefficient (Wildman–Crippen LogP) is 12.3. The monoisotopic (exact) mass is 708 g/mol. The highest BCUT2D eigenvalue weighted by atomic mass is 35.5. The third kappa shape index (κ3) is 6.93. The Hall–Kier alpha value is -2.66. The van der Waals surface area contributed by atoms with E-state index in [1.165, 1.54) is 0 Å². The van der Waals surface area contributed by atoms with Crippen LogP contribution in [0.15, 0.2) is 72.8 Å². The molecule has 0 aliphatic carbocycles.